The van der Waals surface area contributed by atoms with Gasteiger partial charge >= 0.3 is 0 Å². The molecule has 0 aliphatic heterocycles. The second-order valence-electron chi connectivity index (χ2n) is 4.14. The van der Waals surface area contributed by atoms with Gasteiger partial charge in [0.1, 0.15) is 18.3 Å². The molecule has 0 atom stereocenters. The van der Waals surface area contributed by atoms with Crippen molar-refractivity contribution in [3.63, 3.8) is 0 Å². The van der Waals surface area contributed by atoms with E-state index in [9.17, 15) is 0 Å². The second kappa shape index (κ2) is 5.09. The third-order valence-corrected chi connectivity index (χ3v) is 2.39. The van der Waals surface area contributed by atoms with Gasteiger partial charge in [-0.3, -0.25) is 4.68 Å². The van der Waals surface area contributed by atoms with Crippen molar-refractivity contribution in [1.82, 2.24) is 25.1 Å². The third kappa shape index (κ3) is 2.71. The summed E-state index contributed by atoms with van der Waals surface area (Å²) in [7, 11) is 1.85. The lowest BCUT2D eigenvalue weighted by Gasteiger charge is -2.09. The molecule has 0 radical (unpaired) electrons. The van der Waals surface area contributed by atoms with Crippen LogP contribution in [0.3, 0.4) is 0 Å². The predicted molar refractivity (Wildman–Crippen MR) is 64.9 cm³/mol. The van der Waals surface area contributed by atoms with Crippen molar-refractivity contribution in [2.45, 2.75) is 19.9 Å². The van der Waals surface area contributed by atoms with Crippen molar-refractivity contribution in [1.29, 1.82) is 0 Å². The minimum absolute atomic E-state index is 0.461. The topological polar surface area (TPSA) is 64.9 Å². The van der Waals surface area contributed by atoms with E-state index < -0.39 is 0 Å². The summed E-state index contributed by atoms with van der Waals surface area (Å²) in [5.74, 6) is 0.591. The lowest BCUT2D eigenvalue weighted by molar-refractivity contribution is 0.301. The number of aryl methyl sites for hydroxylation is 1. The molecule has 17 heavy (non-hydrogen) atoms. The number of nitrogens with zero attached hydrogens (tertiary/aromatic N) is 4. The fourth-order valence-corrected chi connectivity index (χ4v) is 1.55. The Balaban J connectivity index is 2.03. The maximum atomic E-state index is 5.62. The van der Waals surface area contributed by atoms with Crippen LogP contribution >= 0.6 is 0 Å². The molecule has 0 aromatic carbocycles. The van der Waals surface area contributed by atoms with Crippen LogP contribution in [0.4, 0.5) is 0 Å². The molecule has 0 saturated carbocycles. The number of hydrogen-bond donors (Lipinski definition) is 1. The van der Waals surface area contributed by atoms with E-state index in [1.807, 2.05) is 7.05 Å². The standard InChI is InChI=1S/C11H17N5O/c1-8(2)12-4-5-17-11-9-6-15-16(3)10(9)13-7-14-11/h6-8,12H,4-5H2,1-3H3. The highest BCUT2D eigenvalue weighted by Crippen LogP contribution is 2.19. The molecule has 0 aliphatic carbocycles. The summed E-state index contributed by atoms with van der Waals surface area (Å²) in [6, 6.07) is 0.461. The fraction of sp³-hybridized carbons (Fsp3) is 0.545. The van der Waals surface area contributed by atoms with Crippen LogP contribution in [0.2, 0.25) is 0 Å². The Morgan fingerprint density at radius 1 is 1.41 bits per heavy atom. The number of rotatable bonds is 5. The Bertz CT molecular complexity index is 494. The van der Waals surface area contributed by atoms with Gasteiger partial charge in [0.25, 0.3) is 0 Å². The Kier molecular flexibility index (Phi) is 3.53. The van der Waals surface area contributed by atoms with Crippen molar-refractivity contribution < 1.29 is 4.74 Å². The molecule has 2 aromatic rings. The Labute approximate surface area is 100 Å². The van der Waals surface area contributed by atoms with E-state index in [-0.39, 0.29) is 0 Å². The van der Waals surface area contributed by atoms with Crippen LogP contribution in [0, 0.1) is 0 Å². The SMILES string of the molecule is CC(C)NCCOc1ncnc2c1cnn2C. The van der Waals surface area contributed by atoms with Crippen molar-refractivity contribution >= 4 is 11.0 Å². The molecule has 0 aliphatic rings. The fourth-order valence-electron chi connectivity index (χ4n) is 1.55. The van der Waals surface area contributed by atoms with E-state index in [1.165, 1.54) is 6.33 Å². The van der Waals surface area contributed by atoms with Crippen molar-refractivity contribution in [3.8, 4) is 5.88 Å². The Morgan fingerprint density at radius 2 is 2.24 bits per heavy atom. The summed E-state index contributed by atoms with van der Waals surface area (Å²) in [6.45, 7) is 5.58. The van der Waals surface area contributed by atoms with Gasteiger partial charge in [-0.25, -0.2) is 9.97 Å². The molecule has 0 amide bonds. The van der Waals surface area contributed by atoms with Gasteiger partial charge in [0.15, 0.2) is 5.65 Å². The molecular weight excluding hydrogens is 218 g/mol. The van der Waals surface area contributed by atoms with Crippen LogP contribution in [0.25, 0.3) is 11.0 Å². The zero-order valence-corrected chi connectivity index (χ0v) is 10.3. The smallest absolute Gasteiger partial charge is 0.227 e. The van der Waals surface area contributed by atoms with Crippen LogP contribution in [-0.2, 0) is 7.05 Å². The van der Waals surface area contributed by atoms with E-state index in [4.69, 9.17) is 4.74 Å². The number of ether oxygens (including phenoxy) is 1. The molecule has 0 saturated heterocycles. The third-order valence-electron chi connectivity index (χ3n) is 2.39. The van der Waals surface area contributed by atoms with E-state index >= 15 is 0 Å². The summed E-state index contributed by atoms with van der Waals surface area (Å²) in [4.78, 5) is 8.27. The number of hydrogen-bond acceptors (Lipinski definition) is 5. The number of fused-ring (bicyclic) bond motifs is 1. The molecule has 0 fully saturated rings. The lowest BCUT2D eigenvalue weighted by atomic mass is 10.4. The van der Waals surface area contributed by atoms with Crippen molar-refractivity contribution in [2.24, 2.45) is 7.05 Å². The van der Waals surface area contributed by atoms with E-state index in [1.54, 1.807) is 10.9 Å². The first kappa shape index (κ1) is 11.8. The molecule has 2 heterocycles. The molecule has 6 heteroatoms. The molecule has 6 nitrogen and oxygen atoms in total. The summed E-state index contributed by atoms with van der Waals surface area (Å²) in [5.41, 5.74) is 0.784. The largest absolute Gasteiger partial charge is 0.476 e. The first-order valence-electron chi connectivity index (χ1n) is 5.67. The van der Waals surface area contributed by atoms with Crippen molar-refractivity contribution in [3.05, 3.63) is 12.5 Å². The zero-order valence-electron chi connectivity index (χ0n) is 10.3. The number of aromatic nitrogens is 4. The van der Waals surface area contributed by atoms with Gasteiger partial charge in [-0.1, -0.05) is 13.8 Å². The maximum Gasteiger partial charge on any atom is 0.227 e. The first-order valence-corrected chi connectivity index (χ1v) is 5.67. The molecule has 0 bridgehead atoms. The Morgan fingerprint density at radius 3 is 3.00 bits per heavy atom. The highest BCUT2D eigenvalue weighted by atomic mass is 16.5. The highest BCUT2D eigenvalue weighted by molar-refractivity contribution is 5.79. The van der Waals surface area contributed by atoms with Crippen LogP contribution in [0.1, 0.15) is 13.8 Å². The molecule has 2 aromatic heterocycles. The van der Waals surface area contributed by atoms with Gasteiger partial charge in [0, 0.05) is 19.6 Å². The lowest BCUT2D eigenvalue weighted by Crippen LogP contribution is -2.27. The van der Waals surface area contributed by atoms with Gasteiger partial charge in [-0.05, 0) is 0 Å². The average molecular weight is 235 g/mol. The maximum absolute atomic E-state index is 5.62. The average Bonchev–Trinajstić information content (AvgIpc) is 2.67. The van der Waals surface area contributed by atoms with Gasteiger partial charge in [0.05, 0.1) is 6.20 Å². The van der Waals surface area contributed by atoms with E-state index in [2.05, 4.69) is 34.2 Å². The summed E-state index contributed by atoms with van der Waals surface area (Å²) in [5, 5.41) is 8.26. The first-order chi connectivity index (χ1) is 8.18. The van der Waals surface area contributed by atoms with E-state index in [0.29, 0.717) is 18.5 Å². The zero-order chi connectivity index (χ0) is 12.3. The molecule has 0 spiro atoms. The monoisotopic (exact) mass is 235 g/mol. The second-order valence-corrected chi connectivity index (χ2v) is 4.14. The molecule has 1 N–H and O–H groups in total. The molecular formula is C11H17N5O. The molecule has 92 valence electrons. The van der Waals surface area contributed by atoms with E-state index in [0.717, 1.165) is 17.6 Å². The summed E-state index contributed by atoms with van der Waals surface area (Å²) < 4.78 is 7.32. The van der Waals surface area contributed by atoms with Gasteiger partial charge in [-0.15, -0.1) is 0 Å². The van der Waals surface area contributed by atoms with Crippen LogP contribution in [0.5, 0.6) is 5.88 Å². The highest BCUT2D eigenvalue weighted by Gasteiger charge is 2.08. The minimum atomic E-state index is 0.461. The molecule has 2 rings (SSSR count). The predicted octanol–water partition coefficient (Wildman–Crippen LogP) is 0.740. The normalized spacial score (nSPS) is 11.3. The van der Waals surface area contributed by atoms with Crippen LogP contribution in [0.15, 0.2) is 12.5 Å². The summed E-state index contributed by atoms with van der Waals surface area (Å²) in [6.07, 6.45) is 3.22. The van der Waals surface area contributed by atoms with Crippen LogP contribution in [-0.4, -0.2) is 38.9 Å². The Hall–Kier alpha value is -1.69. The van der Waals surface area contributed by atoms with Gasteiger partial charge in [-0.2, -0.15) is 5.10 Å². The van der Waals surface area contributed by atoms with Crippen LogP contribution < -0.4 is 10.1 Å². The van der Waals surface area contributed by atoms with Crippen molar-refractivity contribution in [2.75, 3.05) is 13.2 Å². The minimum Gasteiger partial charge on any atom is -0.476 e. The molecule has 0 unspecified atom stereocenters. The quantitative estimate of drug-likeness (QED) is 0.774. The van der Waals surface area contributed by atoms with Gasteiger partial charge < -0.3 is 10.1 Å². The van der Waals surface area contributed by atoms with Gasteiger partial charge in [0.2, 0.25) is 5.88 Å². The number of nitrogens with one attached hydrogen (secondary N) is 1. The summed E-state index contributed by atoms with van der Waals surface area (Å²) >= 11 is 0.